The van der Waals surface area contributed by atoms with Gasteiger partial charge in [-0.25, -0.2) is 55.1 Å². The number of anilines is 7. The maximum Gasteiger partial charge on any atom is 0.414 e. The number of benzene rings is 6. The molecule has 5 saturated heterocycles. The zero-order chi connectivity index (χ0) is 86.0. The van der Waals surface area contributed by atoms with Crippen LogP contribution >= 0.6 is 0 Å². The number of amides is 6. The molecule has 38 heteroatoms. The summed E-state index contributed by atoms with van der Waals surface area (Å²) in [5.41, 5.74) is -0.581. The van der Waals surface area contributed by atoms with E-state index < -0.39 is 117 Å². The first-order valence-electron chi connectivity index (χ1n) is 38.8. The van der Waals surface area contributed by atoms with Gasteiger partial charge in [-0.2, -0.15) is 0 Å². The summed E-state index contributed by atoms with van der Waals surface area (Å²) in [6, 6.07) is 18.7. The molecule has 8 aliphatic rings. The SMILES string of the molecule is CC(=O)NC[C@H]1CN(c2ccc(-c3cc4c(cc3F)c(=O)c(C(=O)O)cn4C3CC3)c(F)c2)C(=O)O1.CC(=O)NC[C@H]1CN(c2ccc(N3CCN(c4c(F)cc5c(=O)c(C(=O)O)cn6c5c4OCC6C)CC3)c(F)c2)C(=O)O1.CC(=O)NC[C@H]1CN(c2ccc(N3CCN(c4cc5c(cc4F)c(=O)c(C(=O)O)cn5C4CC4)CC3)c(F)c2)C(=O)O1. The molecule has 4 atom stereocenters. The van der Waals surface area contributed by atoms with Crippen LogP contribution in [0.1, 0.15) is 103 Å². The molecular formula is C83H79F6N13O19. The van der Waals surface area contributed by atoms with E-state index in [-0.39, 0.29) is 132 Å². The Hall–Kier alpha value is -13.8. The second kappa shape index (κ2) is 33.2. The Balaban J connectivity index is 0.000000142. The largest absolute Gasteiger partial charge is 0.487 e. The number of carboxylic acids is 3. The van der Waals surface area contributed by atoms with Crippen molar-refractivity contribution in [2.24, 2.45) is 0 Å². The number of hydrogen-bond donors (Lipinski definition) is 6. The summed E-state index contributed by atoms with van der Waals surface area (Å²) in [4.78, 5) is 155. The molecule has 1 unspecified atom stereocenters. The van der Waals surface area contributed by atoms with Crippen molar-refractivity contribution in [2.45, 2.75) is 89.8 Å². The number of carboxylic acid groups (broad SMARTS) is 3. The summed E-state index contributed by atoms with van der Waals surface area (Å²) in [6.45, 7) is 9.82. The first-order chi connectivity index (χ1) is 57.8. The number of aromatic nitrogens is 3. The average molecular weight is 1680 g/mol. The van der Waals surface area contributed by atoms with Gasteiger partial charge >= 0.3 is 36.2 Å². The van der Waals surface area contributed by atoms with Crippen LogP contribution in [0.2, 0.25) is 0 Å². The van der Waals surface area contributed by atoms with Gasteiger partial charge in [0.1, 0.15) is 76.4 Å². The highest BCUT2D eigenvalue weighted by Crippen LogP contribution is 2.45. The summed E-state index contributed by atoms with van der Waals surface area (Å²) in [6.07, 6.45) is 3.52. The predicted molar refractivity (Wildman–Crippen MR) is 428 cm³/mol. The Kier molecular flexibility index (Phi) is 22.5. The predicted octanol–water partition coefficient (Wildman–Crippen LogP) is 9.26. The quantitative estimate of drug-likeness (QED) is 0.0324. The molecule has 0 bridgehead atoms. The summed E-state index contributed by atoms with van der Waals surface area (Å²) >= 11 is 0. The van der Waals surface area contributed by atoms with E-state index in [1.807, 2.05) is 21.6 Å². The number of nitrogens with zero attached hydrogens (tertiary/aromatic N) is 10. The van der Waals surface area contributed by atoms with Crippen LogP contribution in [0.4, 0.5) is 80.5 Å². The van der Waals surface area contributed by atoms with Gasteiger partial charge in [0.05, 0.1) is 101 Å². The standard InChI is InChI=1S/C29H29F2N5O7.C29H29F2N5O6.C25H21F2N3O6/c1-15-14-42-27-24-19(26(38)20(28(39)40)13-35(15)24)10-22(31)25(27)34-7-5-33(6-8-34)23-4-3-17(9-21(23)30)36-12-18(43-29(36)41)11-32-16(2)37;1-16(37)32-13-19-14-36(29(41)42-19)18-4-5-24(22(30)10-18)33-6-8-34(9-7-33)26-12-25-20(11-23(26)31)27(38)21(28(39)40)15-35(25)17-2-3-17;1-12(31)28-9-15-10-30(25(35)36-15)14-4-5-16(20(26)6-14)17-8-22-18(7-21(17)27)23(32)19(24(33)34)11-29(22)13-2-3-13/h3-4,9-10,13,15,18H,5-8,11-12,14H2,1-2H3,(H,32,37)(H,39,40);4-5,10-12,15,17,19H,2-3,6-9,13-14H2,1H3,(H,32,37)(H,39,40);4-8,11,13,15H,2-3,9-10H2,1H3,(H,28,31)(H,33,34)/t15?,18-;19-;15-/m000/s1. The lowest BCUT2D eigenvalue weighted by atomic mass is 10.0. The molecule has 6 N–H and O–H groups in total. The van der Waals surface area contributed by atoms with Gasteiger partial charge in [0.2, 0.25) is 34.0 Å². The molecule has 7 fully saturated rings. The topological polar surface area (TPSA) is 376 Å². The molecule has 6 amide bonds. The molecule has 32 nitrogen and oxygen atoms in total. The van der Waals surface area contributed by atoms with Gasteiger partial charge in [-0.05, 0) is 118 Å². The Labute approximate surface area is 682 Å². The molecule has 17 rings (SSSR count). The van der Waals surface area contributed by atoms with Gasteiger partial charge in [0.25, 0.3) is 0 Å². The van der Waals surface area contributed by atoms with Crippen LogP contribution in [0.5, 0.6) is 5.75 Å². The number of hydrogen-bond acceptors (Lipinski definition) is 20. The van der Waals surface area contributed by atoms with Crippen molar-refractivity contribution in [3.05, 3.63) is 186 Å². The first kappa shape index (κ1) is 82.3. The molecule has 9 aromatic rings. The fourth-order valence-electron chi connectivity index (χ4n) is 15.8. The summed E-state index contributed by atoms with van der Waals surface area (Å²) < 4.78 is 119. The van der Waals surface area contributed by atoms with Crippen LogP contribution in [0.3, 0.4) is 0 Å². The number of fused-ring (bicyclic) bond motifs is 2. The molecule has 0 radical (unpaired) electrons. The molecule has 2 saturated carbocycles. The van der Waals surface area contributed by atoms with Crippen LogP contribution in [0.25, 0.3) is 43.8 Å². The summed E-state index contributed by atoms with van der Waals surface area (Å²) in [7, 11) is 0. The number of carbonyl (C=O) groups is 9. The van der Waals surface area contributed by atoms with Gasteiger partial charge < -0.3 is 83.5 Å². The smallest absolute Gasteiger partial charge is 0.414 e. The third-order valence-corrected chi connectivity index (χ3v) is 22.2. The molecule has 6 aliphatic heterocycles. The second-order valence-electron chi connectivity index (χ2n) is 30.5. The maximum atomic E-state index is 15.6. The van der Waals surface area contributed by atoms with Crippen molar-refractivity contribution < 1.29 is 104 Å². The van der Waals surface area contributed by atoms with E-state index in [0.717, 1.165) is 49.9 Å². The van der Waals surface area contributed by atoms with Crippen molar-refractivity contribution in [1.82, 2.24) is 29.7 Å². The Morgan fingerprint density at radius 1 is 0.413 bits per heavy atom. The number of cyclic esters (lactones) is 3. The minimum Gasteiger partial charge on any atom is -0.487 e. The third-order valence-electron chi connectivity index (χ3n) is 22.2. The van der Waals surface area contributed by atoms with Crippen LogP contribution < -0.4 is 71.3 Å². The molecular weight excluding hydrogens is 1600 g/mol. The van der Waals surface area contributed by atoms with Crippen LogP contribution in [-0.4, -0.2) is 199 Å². The monoisotopic (exact) mass is 1680 g/mol. The van der Waals surface area contributed by atoms with Crippen molar-refractivity contribution in [3.8, 4) is 16.9 Å². The van der Waals surface area contributed by atoms with E-state index in [1.165, 1.54) is 84.4 Å². The van der Waals surface area contributed by atoms with E-state index >= 15 is 26.3 Å². The minimum absolute atomic E-state index is 0.0247. The molecule has 632 valence electrons. The lowest BCUT2D eigenvalue weighted by molar-refractivity contribution is -0.120. The summed E-state index contributed by atoms with van der Waals surface area (Å²) in [5, 5.41) is 36.0. The zero-order valence-corrected chi connectivity index (χ0v) is 65.3. The number of halogens is 6. The molecule has 9 heterocycles. The van der Waals surface area contributed by atoms with Gasteiger partial charge in [0.15, 0.2) is 11.6 Å². The fraction of sp³-hybridized carbons (Fsp3) is 0.349. The normalized spacial score (nSPS) is 18.8. The summed E-state index contributed by atoms with van der Waals surface area (Å²) in [5.74, 6) is -8.77. The number of piperazine rings is 2. The van der Waals surface area contributed by atoms with Gasteiger partial charge in [-0.3, -0.25) is 43.5 Å². The van der Waals surface area contributed by atoms with Crippen LogP contribution in [0.15, 0.2) is 118 Å². The number of carbonyl (C=O) groups excluding carboxylic acids is 6. The lowest BCUT2D eigenvalue weighted by Gasteiger charge is -2.39. The van der Waals surface area contributed by atoms with Crippen molar-refractivity contribution in [2.75, 3.05) is 133 Å². The number of aromatic carboxylic acids is 3. The van der Waals surface area contributed by atoms with E-state index in [4.69, 9.17) is 18.9 Å². The average Bonchev–Trinajstić information content (AvgIpc) is 1.67. The second-order valence-corrected chi connectivity index (χ2v) is 30.5. The number of ether oxygens (including phenoxy) is 4. The fourth-order valence-corrected chi connectivity index (χ4v) is 15.8. The van der Waals surface area contributed by atoms with Crippen LogP contribution in [-0.2, 0) is 28.6 Å². The molecule has 3 aromatic heterocycles. The van der Waals surface area contributed by atoms with Gasteiger partial charge in [0, 0.05) is 126 Å². The highest BCUT2D eigenvalue weighted by atomic mass is 19.1. The number of rotatable bonds is 19. The Morgan fingerprint density at radius 2 is 0.769 bits per heavy atom. The van der Waals surface area contributed by atoms with Crippen LogP contribution in [0, 0.1) is 34.9 Å². The van der Waals surface area contributed by atoms with E-state index in [2.05, 4.69) is 16.0 Å². The number of nitrogens with one attached hydrogen (secondary N) is 3. The Bertz CT molecular complexity index is 6020. The maximum absolute atomic E-state index is 15.6. The van der Waals surface area contributed by atoms with E-state index in [1.54, 1.807) is 48.9 Å². The highest BCUT2D eigenvalue weighted by molar-refractivity contribution is 5.99. The van der Waals surface area contributed by atoms with Crippen molar-refractivity contribution in [1.29, 1.82) is 0 Å². The molecule has 6 aromatic carbocycles. The molecule has 0 spiro atoms. The Morgan fingerprint density at radius 3 is 1.17 bits per heavy atom. The third kappa shape index (κ3) is 16.6. The minimum atomic E-state index is -1.40. The first-order valence-corrected chi connectivity index (χ1v) is 38.8. The van der Waals surface area contributed by atoms with Gasteiger partial charge in [-0.15, -0.1) is 0 Å². The zero-order valence-electron chi connectivity index (χ0n) is 65.3. The van der Waals surface area contributed by atoms with E-state index in [0.29, 0.717) is 97.3 Å². The van der Waals surface area contributed by atoms with Gasteiger partial charge in [-0.1, -0.05) is 0 Å². The van der Waals surface area contributed by atoms with Crippen molar-refractivity contribution >= 4 is 126 Å². The van der Waals surface area contributed by atoms with E-state index in [9.17, 15) is 72.9 Å². The molecule has 121 heavy (non-hydrogen) atoms. The molecule has 2 aliphatic carbocycles. The lowest BCUT2D eigenvalue weighted by Crippen LogP contribution is -2.47. The highest BCUT2D eigenvalue weighted by Gasteiger charge is 2.39. The van der Waals surface area contributed by atoms with Crippen molar-refractivity contribution in [3.63, 3.8) is 0 Å². The number of pyridine rings is 3.